The predicted molar refractivity (Wildman–Crippen MR) is 102 cm³/mol. The number of esters is 1. The number of hydrogen-bond donors (Lipinski definition) is 0. The summed E-state index contributed by atoms with van der Waals surface area (Å²) in [5.41, 5.74) is 0.784. The zero-order valence-electron chi connectivity index (χ0n) is 15.8. The first kappa shape index (κ1) is 19.4. The van der Waals surface area contributed by atoms with Crippen LogP contribution in [0.2, 0.25) is 0 Å². The summed E-state index contributed by atoms with van der Waals surface area (Å²) in [5, 5.41) is 8.97. The summed E-state index contributed by atoms with van der Waals surface area (Å²) >= 11 is 0. The molecule has 6 heteroatoms. The van der Waals surface area contributed by atoms with E-state index in [1.807, 2.05) is 30.3 Å². The lowest BCUT2D eigenvalue weighted by molar-refractivity contribution is -0.146. The van der Waals surface area contributed by atoms with Crippen molar-refractivity contribution < 1.29 is 14.3 Å². The number of methoxy groups -OCH3 is 1. The Balaban J connectivity index is 1.79. The first-order valence-electron chi connectivity index (χ1n) is 9.71. The Morgan fingerprint density at radius 1 is 1.26 bits per heavy atom. The van der Waals surface area contributed by atoms with E-state index in [0.29, 0.717) is 12.5 Å². The Morgan fingerprint density at radius 3 is 2.70 bits per heavy atom. The van der Waals surface area contributed by atoms with Crippen molar-refractivity contribution in [2.75, 3.05) is 25.1 Å². The monoisotopic (exact) mass is 369 g/mol. The Labute approximate surface area is 160 Å². The van der Waals surface area contributed by atoms with E-state index in [1.54, 1.807) is 4.90 Å². The van der Waals surface area contributed by atoms with E-state index in [2.05, 4.69) is 11.0 Å². The average Bonchev–Trinajstić information content (AvgIpc) is 3.07. The highest BCUT2D eigenvalue weighted by molar-refractivity contribution is 5.95. The zero-order valence-corrected chi connectivity index (χ0v) is 15.8. The highest BCUT2D eigenvalue weighted by Gasteiger charge is 2.46. The molecule has 3 unspecified atom stereocenters. The smallest absolute Gasteiger partial charge is 0.323 e. The quantitative estimate of drug-likeness (QED) is 0.721. The first-order chi connectivity index (χ1) is 13.2. The summed E-state index contributed by atoms with van der Waals surface area (Å²) in [5.74, 6) is 0.136. The van der Waals surface area contributed by atoms with E-state index in [0.717, 1.165) is 31.4 Å². The predicted octanol–water partition coefficient (Wildman–Crippen LogP) is 2.74. The molecule has 1 saturated heterocycles. The molecule has 1 aromatic carbocycles. The molecule has 1 aromatic rings. The van der Waals surface area contributed by atoms with Crippen molar-refractivity contribution in [3.05, 3.63) is 30.3 Å². The topological polar surface area (TPSA) is 73.6 Å². The van der Waals surface area contributed by atoms with Crippen LogP contribution in [-0.4, -0.2) is 49.1 Å². The highest BCUT2D eigenvalue weighted by atomic mass is 16.5. The SMILES string of the molecule is COC(=O)C1CC2CCCCC2N1CC(=O)N(CCC#N)c1ccccc1. The van der Waals surface area contributed by atoms with Gasteiger partial charge in [-0.3, -0.25) is 14.5 Å². The number of ether oxygens (including phenoxy) is 1. The van der Waals surface area contributed by atoms with Crippen LogP contribution in [0.1, 0.15) is 38.5 Å². The molecule has 1 aliphatic heterocycles. The number of amides is 1. The van der Waals surface area contributed by atoms with E-state index in [9.17, 15) is 9.59 Å². The van der Waals surface area contributed by atoms with Crippen LogP contribution in [0.5, 0.6) is 0 Å². The molecule has 2 aliphatic rings. The molecule has 0 spiro atoms. The minimum absolute atomic E-state index is 0.0726. The van der Waals surface area contributed by atoms with Gasteiger partial charge in [0.2, 0.25) is 5.91 Å². The molecule has 1 aliphatic carbocycles. The molecule has 0 N–H and O–H groups in total. The van der Waals surface area contributed by atoms with Crippen LogP contribution in [0.15, 0.2) is 30.3 Å². The lowest BCUT2D eigenvalue weighted by Gasteiger charge is -2.34. The Morgan fingerprint density at radius 2 is 2.00 bits per heavy atom. The average molecular weight is 369 g/mol. The van der Waals surface area contributed by atoms with Crippen LogP contribution in [-0.2, 0) is 14.3 Å². The summed E-state index contributed by atoms with van der Waals surface area (Å²) in [6, 6.07) is 11.4. The van der Waals surface area contributed by atoms with Crippen molar-refractivity contribution in [2.24, 2.45) is 5.92 Å². The number of carbonyl (C=O) groups is 2. The summed E-state index contributed by atoms with van der Waals surface area (Å²) in [6.45, 7) is 0.533. The molecule has 3 rings (SSSR count). The lowest BCUT2D eigenvalue weighted by atomic mass is 9.85. The fourth-order valence-electron chi connectivity index (χ4n) is 4.56. The summed E-state index contributed by atoms with van der Waals surface area (Å²) < 4.78 is 5.01. The zero-order chi connectivity index (χ0) is 19.2. The van der Waals surface area contributed by atoms with Crippen molar-refractivity contribution in [1.29, 1.82) is 5.26 Å². The van der Waals surface area contributed by atoms with Crippen molar-refractivity contribution in [3.63, 3.8) is 0 Å². The first-order valence-corrected chi connectivity index (χ1v) is 9.71. The number of nitrogens with zero attached hydrogens (tertiary/aromatic N) is 3. The van der Waals surface area contributed by atoms with Crippen LogP contribution >= 0.6 is 0 Å². The number of carbonyl (C=O) groups excluding carboxylic acids is 2. The standard InChI is InChI=1S/C21H27N3O3/c1-27-21(26)19-14-16-8-5-6-11-18(16)24(19)15-20(25)23(13-7-12-22)17-9-3-2-4-10-17/h2-4,9-10,16,18-19H,5-8,11,13-15H2,1H3. The Kier molecular flexibility index (Phi) is 6.46. The van der Waals surface area contributed by atoms with E-state index < -0.39 is 0 Å². The Hall–Kier alpha value is -2.39. The molecular formula is C21H27N3O3. The third-order valence-corrected chi connectivity index (χ3v) is 5.83. The number of hydrogen-bond acceptors (Lipinski definition) is 5. The van der Waals surface area contributed by atoms with E-state index in [4.69, 9.17) is 10.00 Å². The lowest BCUT2D eigenvalue weighted by Crippen LogP contribution is -2.49. The van der Waals surface area contributed by atoms with Crippen LogP contribution in [0, 0.1) is 17.2 Å². The summed E-state index contributed by atoms with van der Waals surface area (Å²) in [6.07, 6.45) is 5.50. The van der Waals surface area contributed by atoms with Crippen LogP contribution in [0.25, 0.3) is 0 Å². The second-order valence-corrected chi connectivity index (χ2v) is 7.35. The summed E-state index contributed by atoms with van der Waals surface area (Å²) in [4.78, 5) is 29.2. The van der Waals surface area contributed by atoms with Crippen molar-refractivity contribution in [2.45, 2.75) is 50.6 Å². The number of fused-ring (bicyclic) bond motifs is 1. The van der Waals surface area contributed by atoms with Gasteiger partial charge in [0.1, 0.15) is 6.04 Å². The fourth-order valence-corrected chi connectivity index (χ4v) is 4.56. The van der Waals surface area contributed by atoms with Crippen LogP contribution in [0.4, 0.5) is 5.69 Å². The van der Waals surface area contributed by atoms with E-state index in [1.165, 1.54) is 13.5 Å². The molecule has 0 radical (unpaired) electrons. The molecule has 1 heterocycles. The molecular weight excluding hydrogens is 342 g/mol. The van der Waals surface area contributed by atoms with Gasteiger partial charge >= 0.3 is 5.97 Å². The van der Waals surface area contributed by atoms with Crippen molar-refractivity contribution in [1.82, 2.24) is 4.90 Å². The van der Waals surface area contributed by atoms with Gasteiger partial charge in [-0.05, 0) is 37.3 Å². The normalized spacial score (nSPS) is 24.7. The molecule has 1 saturated carbocycles. The van der Waals surface area contributed by atoms with Gasteiger partial charge in [-0.15, -0.1) is 0 Å². The molecule has 144 valence electrons. The van der Waals surface area contributed by atoms with Gasteiger partial charge in [0.15, 0.2) is 0 Å². The van der Waals surface area contributed by atoms with Gasteiger partial charge < -0.3 is 9.64 Å². The number of nitriles is 1. The number of para-hydroxylation sites is 1. The second-order valence-electron chi connectivity index (χ2n) is 7.35. The van der Waals surface area contributed by atoms with Crippen LogP contribution in [0.3, 0.4) is 0 Å². The second kappa shape index (κ2) is 9.01. The maximum absolute atomic E-state index is 13.2. The third kappa shape index (κ3) is 4.30. The molecule has 1 amide bonds. The van der Waals surface area contributed by atoms with Gasteiger partial charge in [0, 0.05) is 18.3 Å². The van der Waals surface area contributed by atoms with Gasteiger partial charge in [0.25, 0.3) is 0 Å². The minimum Gasteiger partial charge on any atom is -0.468 e. The number of rotatable bonds is 6. The van der Waals surface area contributed by atoms with Gasteiger partial charge in [0.05, 0.1) is 26.1 Å². The summed E-state index contributed by atoms with van der Waals surface area (Å²) in [7, 11) is 1.41. The molecule has 0 aromatic heterocycles. The van der Waals surface area contributed by atoms with Crippen LogP contribution < -0.4 is 4.90 Å². The Bertz CT molecular complexity index is 700. The molecule has 0 bridgehead atoms. The molecule has 3 atom stereocenters. The molecule has 2 fully saturated rings. The molecule has 27 heavy (non-hydrogen) atoms. The van der Waals surface area contributed by atoms with E-state index in [-0.39, 0.29) is 36.9 Å². The van der Waals surface area contributed by atoms with Crippen molar-refractivity contribution in [3.8, 4) is 6.07 Å². The molecule has 6 nitrogen and oxygen atoms in total. The third-order valence-electron chi connectivity index (χ3n) is 5.83. The highest BCUT2D eigenvalue weighted by Crippen LogP contribution is 2.40. The van der Waals surface area contributed by atoms with Crippen molar-refractivity contribution >= 4 is 17.6 Å². The van der Waals surface area contributed by atoms with Gasteiger partial charge in [-0.25, -0.2) is 0 Å². The number of benzene rings is 1. The fraction of sp³-hybridized carbons (Fsp3) is 0.571. The number of anilines is 1. The minimum atomic E-state index is -0.347. The van der Waals surface area contributed by atoms with E-state index >= 15 is 0 Å². The van der Waals surface area contributed by atoms with Gasteiger partial charge in [-0.2, -0.15) is 5.26 Å². The maximum atomic E-state index is 13.2. The largest absolute Gasteiger partial charge is 0.468 e. The maximum Gasteiger partial charge on any atom is 0.323 e. The van der Waals surface area contributed by atoms with Gasteiger partial charge in [-0.1, -0.05) is 31.0 Å². The number of likely N-dealkylation sites (tertiary alicyclic amines) is 1.